The number of fused-ring (bicyclic) bond motifs is 3. The standard InChI is InChI=1S/C25H28N4O3/c30-23(19-10-11-21-20(15-19)27-24(31)22-5-4-14-29(21)22)26-16-17-6-8-18(9-7-17)25(32)28-12-2-1-3-13-28/h6-11,15,22H,1-5,12-14,16H2,(H,26,30)(H,27,31)/t22-/m0/s1. The number of rotatable bonds is 4. The van der Waals surface area contributed by atoms with Gasteiger partial charge in [-0.2, -0.15) is 0 Å². The van der Waals surface area contributed by atoms with E-state index in [2.05, 4.69) is 15.5 Å². The lowest BCUT2D eigenvalue weighted by atomic mass is 10.1. The Morgan fingerprint density at radius 1 is 0.938 bits per heavy atom. The number of benzene rings is 2. The van der Waals surface area contributed by atoms with Crippen LogP contribution in [0.2, 0.25) is 0 Å². The van der Waals surface area contributed by atoms with Crippen molar-refractivity contribution in [1.29, 1.82) is 0 Å². The second-order valence-corrected chi connectivity index (χ2v) is 8.81. The van der Waals surface area contributed by atoms with E-state index in [-0.39, 0.29) is 23.8 Å². The molecule has 2 N–H and O–H groups in total. The summed E-state index contributed by atoms with van der Waals surface area (Å²) in [5.74, 6) is -0.109. The van der Waals surface area contributed by atoms with Crippen LogP contribution in [0.1, 0.15) is 58.4 Å². The fourth-order valence-electron chi connectivity index (χ4n) is 4.90. The van der Waals surface area contributed by atoms with Crippen molar-refractivity contribution in [3.8, 4) is 0 Å². The van der Waals surface area contributed by atoms with Gasteiger partial charge in [0.25, 0.3) is 11.8 Å². The molecular weight excluding hydrogens is 404 g/mol. The van der Waals surface area contributed by atoms with Crippen molar-refractivity contribution >= 4 is 29.1 Å². The Bertz CT molecular complexity index is 1040. The molecule has 3 aliphatic rings. The van der Waals surface area contributed by atoms with E-state index in [1.165, 1.54) is 6.42 Å². The Labute approximate surface area is 187 Å². The number of carbonyl (C=O) groups excluding carboxylic acids is 3. The van der Waals surface area contributed by atoms with Gasteiger partial charge >= 0.3 is 0 Å². The molecule has 2 fully saturated rings. The van der Waals surface area contributed by atoms with E-state index in [9.17, 15) is 14.4 Å². The molecule has 166 valence electrons. The van der Waals surface area contributed by atoms with Crippen LogP contribution in [0.3, 0.4) is 0 Å². The van der Waals surface area contributed by atoms with Crippen molar-refractivity contribution in [3.63, 3.8) is 0 Å². The summed E-state index contributed by atoms with van der Waals surface area (Å²) in [6.45, 7) is 2.90. The zero-order valence-electron chi connectivity index (χ0n) is 18.1. The van der Waals surface area contributed by atoms with Crippen LogP contribution in [0.4, 0.5) is 11.4 Å². The molecule has 0 aliphatic carbocycles. The molecule has 1 atom stereocenters. The van der Waals surface area contributed by atoms with Crippen molar-refractivity contribution in [3.05, 3.63) is 59.2 Å². The summed E-state index contributed by atoms with van der Waals surface area (Å²) in [5, 5.41) is 5.88. The summed E-state index contributed by atoms with van der Waals surface area (Å²) in [6, 6.07) is 12.8. The first-order valence-corrected chi connectivity index (χ1v) is 11.5. The van der Waals surface area contributed by atoms with Crippen molar-refractivity contribution in [2.75, 3.05) is 29.9 Å². The van der Waals surface area contributed by atoms with Crippen LogP contribution in [0.25, 0.3) is 0 Å². The summed E-state index contributed by atoms with van der Waals surface area (Å²) in [5.41, 5.74) is 3.81. The quantitative estimate of drug-likeness (QED) is 0.778. The highest BCUT2D eigenvalue weighted by Crippen LogP contribution is 2.37. The van der Waals surface area contributed by atoms with Crippen LogP contribution in [0.15, 0.2) is 42.5 Å². The van der Waals surface area contributed by atoms with E-state index in [4.69, 9.17) is 0 Å². The lowest BCUT2D eigenvalue weighted by Crippen LogP contribution is -2.44. The predicted octanol–water partition coefficient (Wildman–Crippen LogP) is 3.16. The summed E-state index contributed by atoms with van der Waals surface area (Å²) in [6.07, 6.45) is 5.21. The van der Waals surface area contributed by atoms with Crippen LogP contribution in [-0.4, -0.2) is 48.3 Å². The minimum Gasteiger partial charge on any atom is -0.358 e. The van der Waals surface area contributed by atoms with Crippen LogP contribution in [0, 0.1) is 0 Å². The third-order valence-corrected chi connectivity index (χ3v) is 6.68. The molecule has 2 saturated heterocycles. The van der Waals surface area contributed by atoms with Crippen molar-refractivity contribution in [2.45, 2.75) is 44.7 Å². The van der Waals surface area contributed by atoms with Gasteiger partial charge in [-0.15, -0.1) is 0 Å². The van der Waals surface area contributed by atoms with Gasteiger partial charge in [-0.3, -0.25) is 14.4 Å². The summed E-state index contributed by atoms with van der Waals surface area (Å²) >= 11 is 0. The van der Waals surface area contributed by atoms with Gasteiger partial charge in [-0.05, 0) is 68.0 Å². The molecule has 5 rings (SSSR count). The minimum atomic E-state index is -0.195. The van der Waals surface area contributed by atoms with Gasteiger partial charge < -0.3 is 20.4 Å². The van der Waals surface area contributed by atoms with E-state index in [1.807, 2.05) is 35.2 Å². The molecule has 0 radical (unpaired) electrons. The Balaban J connectivity index is 1.21. The third-order valence-electron chi connectivity index (χ3n) is 6.68. The summed E-state index contributed by atoms with van der Waals surface area (Å²) in [7, 11) is 0. The second-order valence-electron chi connectivity index (χ2n) is 8.81. The topological polar surface area (TPSA) is 81.8 Å². The Kier molecular flexibility index (Phi) is 5.55. The molecule has 32 heavy (non-hydrogen) atoms. The van der Waals surface area contributed by atoms with Crippen molar-refractivity contribution in [1.82, 2.24) is 10.2 Å². The van der Waals surface area contributed by atoms with Crippen molar-refractivity contribution in [2.24, 2.45) is 0 Å². The normalized spacial score (nSPS) is 19.8. The second kappa shape index (κ2) is 8.65. The molecule has 0 saturated carbocycles. The Morgan fingerprint density at radius 3 is 2.47 bits per heavy atom. The minimum absolute atomic E-state index is 0.00625. The molecule has 2 aromatic carbocycles. The monoisotopic (exact) mass is 432 g/mol. The highest BCUT2D eigenvalue weighted by Gasteiger charge is 2.36. The molecule has 2 aromatic rings. The van der Waals surface area contributed by atoms with Gasteiger partial charge in [0.2, 0.25) is 5.91 Å². The van der Waals surface area contributed by atoms with E-state index in [0.29, 0.717) is 23.4 Å². The van der Waals surface area contributed by atoms with Crippen LogP contribution in [0.5, 0.6) is 0 Å². The van der Waals surface area contributed by atoms with E-state index in [0.717, 1.165) is 56.6 Å². The first kappa shape index (κ1) is 20.5. The van der Waals surface area contributed by atoms with Gasteiger partial charge in [0.15, 0.2) is 0 Å². The zero-order valence-corrected chi connectivity index (χ0v) is 18.1. The molecule has 3 aliphatic heterocycles. The number of carbonyl (C=O) groups is 3. The molecule has 0 aromatic heterocycles. The van der Waals surface area contributed by atoms with E-state index in [1.54, 1.807) is 12.1 Å². The maximum atomic E-state index is 12.7. The highest BCUT2D eigenvalue weighted by atomic mass is 16.2. The predicted molar refractivity (Wildman–Crippen MR) is 123 cm³/mol. The van der Waals surface area contributed by atoms with E-state index < -0.39 is 0 Å². The number of hydrogen-bond acceptors (Lipinski definition) is 4. The largest absolute Gasteiger partial charge is 0.358 e. The molecule has 7 nitrogen and oxygen atoms in total. The Hall–Kier alpha value is -3.35. The van der Waals surface area contributed by atoms with Gasteiger partial charge in [0.05, 0.1) is 11.4 Å². The van der Waals surface area contributed by atoms with Gasteiger partial charge in [0, 0.05) is 37.3 Å². The lowest BCUT2D eigenvalue weighted by Gasteiger charge is -2.33. The summed E-state index contributed by atoms with van der Waals surface area (Å²) in [4.78, 5) is 41.7. The number of nitrogens with zero attached hydrogens (tertiary/aromatic N) is 2. The van der Waals surface area contributed by atoms with Gasteiger partial charge in [-0.1, -0.05) is 12.1 Å². The number of piperidine rings is 1. The molecule has 3 amide bonds. The molecular formula is C25H28N4O3. The smallest absolute Gasteiger partial charge is 0.253 e. The number of amides is 3. The molecule has 0 unspecified atom stereocenters. The van der Waals surface area contributed by atoms with Crippen LogP contribution in [-0.2, 0) is 11.3 Å². The number of nitrogens with one attached hydrogen (secondary N) is 2. The molecule has 3 heterocycles. The van der Waals surface area contributed by atoms with Gasteiger partial charge in [0.1, 0.15) is 6.04 Å². The molecule has 0 spiro atoms. The fourth-order valence-corrected chi connectivity index (χ4v) is 4.90. The van der Waals surface area contributed by atoms with Crippen molar-refractivity contribution < 1.29 is 14.4 Å². The maximum absolute atomic E-state index is 12.7. The fraction of sp³-hybridized carbons (Fsp3) is 0.400. The number of anilines is 2. The molecule has 7 heteroatoms. The third kappa shape index (κ3) is 3.95. The molecule has 0 bridgehead atoms. The first-order valence-electron chi connectivity index (χ1n) is 11.5. The average Bonchev–Trinajstić information content (AvgIpc) is 3.34. The van der Waals surface area contributed by atoms with Crippen LogP contribution < -0.4 is 15.5 Å². The number of likely N-dealkylation sites (tertiary alicyclic amines) is 1. The SMILES string of the molecule is O=C(NCc1ccc(C(=O)N2CCCCC2)cc1)c1ccc2c(c1)NC(=O)[C@@H]1CCCN21. The summed E-state index contributed by atoms with van der Waals surface area (Å²) < 4.78 is 0. The zero-order chi connectivity index (χ0) is 22.1. The lowest BCUT2D eigenvalue weighted by molar-refractivity contribution is -0.117. The highest BCUT2D eigenvalue weighted by molar-refractivity contribution is 6.06. The first-order chi connectivity index (χ1) is 15.6. The number of hydrogen-bond donors (Lipinski definition) is 2. The van der Waals surface area contributed by atoms with Gasteiger partial charge in [-0.25, -0.2) is 0 Å². The maximum Gasteiger partial charge on any atom is 0.253 e. The van der Waals surface area contributed by atoms with E-state index >= 15 is 0 Å². The Morgan fingerprint density at radius 2 is 1.69 bits per heavy atom. The van der Waals surface area contributed by atoms with Crippen LogP contribution >= 0.6 is 0 Å². The average molecular weight is 433 g/mol.